The Bertz CT molecular complexity index is 681. The highest BCUT2D eigenvalue weighted by atomic mass is 16.5. The van der Waals surface area contributed by atoms with E-state index in [1.807, 2.05) is 24.5 Å². The summed E-state index contributed by atoms with van der Waals surface area (Å²) in [6, 6.07) is 8.20. The van der Waals surface area contributed by atoms with Gasteiger partial charge in [-0.1, -0.05) is 78.1 Å². The molecule has 0 saturated carbocycles. The number of unbranched alkanes of at least 4 members (excludes halogenated alkanes) is 10. The molecule has 0 aliphatic rings. The van der Waals surface area contributed by atoms with Gasteiger partial charge >= 0.3 is 0 Å². The highest BCUT2D eigenvalue weighted by Crippen LogP contribution is 2.21. The van der Waals surface area contributed by atoms with Crippen molar-refractivity contribution in [2.24, 2.45) is 0 Å². The van der Waals surface area contributed by atoms with Crippen molar-refractivity contribution in [2.75, 3.05) is 0 Å². The number of aromatic nitrogens is 2. The minimum absolute atomic E-state index is 0.259. The number of nitrogens with zero attached hydrogens (tertiary/aromatic N) is 2. The molecule has 0 spiro atoms. The standard InChI is InChI=1S/C28H44N2O/c1-4-6-8-10-11-12-13-15-17-25-22-29-28(30-23-25)26-18-20-27(21-19-26)31-24(3)16-14-9-7-5-2/h18-24H,4-17H2,1-3H3/t24-/m0/s1. The number of rotatable bonds is 17. The van der Waals surface area contributed by atoms with Crippen molar-refractivity contribution in [1.82, 2.24) is 9.97 Å². The molecule has 1 atom stereocenters. The molecular formula is C28H44N2O. The van der Waals surface area contributed by atoms with E-state index in [2.05, 4.69) is 42.9 Å². The van der Waals surface area contributed by atoms with Gasteiger partial charge in [0.2, 0.25) is 0 Å². The monoisotopic (exact) mass is 424 g/mol. The summed E-state index contributed by atoms with van der Waals surface area (Å²) < 4.78 is 6.06. The van der Waals surface area contributed by atoms with Gasteiger partial charge in [-0.15, -0.1) is 0 Å². The third-order valence-corrected chi connectivity index (χ3v) is 5.94. The van der Waals surface area contributed by atoms with E-state index in [9.17, 15) is 0 Å². The van der Waals surface area contributed by atoms with E-state index in [4.69, 9.17) is 4.74 Å². The summed E-state index contributed by atoms with van der Waals surface area (Å²) >= 11 is 0. The van der Waals surface area contributed by atoms with E-state index in [1.54, 1.807) is 0 Å². The molecule has 0 aliphatic carbocycles. The molecule has 172 valence electrons. The number of hydrogen-bond acceptors (Lipinski definition) is 3. The summed E-state index contributed by atoms with van der Waals surface area (Å²) in [5.74, 6) is 1.72. The molecule has 0 unspecified atom stereocenters. The minimum Gasteiger partial charge on any atom is -0.491 e. The van der Waals surface area contributed by atoms with Gasteiger partial charge in [-0.05, 0) is 62.4 Å². The molecule has 31 heavy (non-hydrogen) atoms. The second-order valence-corrected chi connectivity index (χ2v) is 8.94. The van der Waals surface area contributed by atoms with Crippen LogP contribution in [0.1, 0.15) is 110 Å². The number of ether oxygens (including phenoxy) is 1. The summed E-state index contributed by atoms with van der Waals surface area (Å²) in [6.45, 7) is 6.68. The van der Waals surface area contributed by atoms with Crippen LogP contribution in [0.4, 0.5) is 0 Å². The van der Waals surface area contributed by atoms with Crippen LogP contribution in [0.15, 0.2) is 36.7 Å². The van der Waals surface area contributed by atoms with E-state index >= 15 is 0 Å². The van der Waals surface area contributed by atoms with Crippen LogP contribution in [0.3, 0.4) is 0 Å². The molecule has 2 aromatic rings. The average Bonchev–Trinajstić information content (AvgIpc) is 2.79. The molecule has 0 saturated heterocycles. The maximum Gasteiger partial charge on any atom is 0.159 e. The highest BCUT2D eigenvalue weighted by Gasteiger charge is 2.06. The van der Waals surface area contributed by atoms with Crippen LogP contribution in [0.25, 0.3) is 11.4 Å². The maximum atomic E-state index is 6.06. The molecule has 2 rings (SSSR count). The summed E-state index contributed by atoms with van der Waals surface area (Å²) in [5.41, 5.74) is 2.29. The fraction of sp³-hybridized carbons (Fsp3) is 0.643. The van der Waals surface area contributed by atoms with E-state index in [1.165, 1.54) is 82.6 Å². The van der Waals surface area contributed by atoms with Crippen molar-refractivity contribution in [2.45, 2.75) is 117 Å². The van der Waals surface area contributed by atoms with Crippen LogP contribution in [0.5, 0.6) is 5.75 Å². The van der Waals surface area contributed by atoms with Gasteiger partial charge < -0.3 is 4.74 Å². The quantitative estimate of drug-likeness (QED) is 0.238. The van der Waals surface area contributed by atoms with Gasteiger partial charge in [0, 0.05) is 18.0 Å². The lowest BCUT2D eigenvalue weighted by atomic mass is 10.1. The number of aryl methyl sites for hydroxylation is 1. The van der Waals surface area contributed by atoms with Crippen molar-refractivity contribution in [3.8, 4) is 17.1 Å². The smallest absolute Gasteiger partial charge is 0.159 e. The molecular weight excluding hydrogens is 380 g/mol. The molecule has 0 amide bonds. The highest BCUT2D eigenvalue weighted by molar-refractivity contribution is 5.55. The Labute approximate surface area is 191 Å². The van der Waals surface area contributed by atoms with Gasteiger partial charge in [0.15, 0.2) is 5.82 Å². The van der Waals surface area contributed by atoms with Crippen molar-refractivity contribution >= 4 is 0 Å². The first kappa shape index (κ1) is 25.4. The Morgan fingerprint density at radius 3 is 1.87 bits per heavy atom. The van der Waals surface area contributed by atoms with Crippen LogP contribution < -0.4 is 4.74 Å². The topological polar surface area (TPSA) is 35.0 Å². The van der Waals surface area contributed by atoms with Gasteiger partial charge in [0.05, 0.1) is 6.10 Å². The number of benzene rings is 1. The van der Waals surface area contributed by atoms with Crippen LogP contribution >= 0.6 is 0 Å². The fourth-order valence-corrected chi connectivity index (χ4v) is 3.93. The van der Waals surface area contributed by atoms with Crippen LogP contribution in [-0.2, 0) is 6.42 Å². The van der Waals surface area contributed by atoms with Crippen LogP contribution in [-0.4, -0.2) is 16.1 Å². The lowest BCUT2D eigenvalue weighted by Gasteiger charge is -2.14. The molecule has 0 radical (unpaired) electrons. The predicted octanol–water partition coefficient (Wildman–Crippen LogP) is 8.56. The lowest BCUT2D eigenvalue weighted by Crippen LogP contribution is -2.11. The molecule has 0 bridgehead atoms. The molecule has 1 aromatic heterocycles. The van der Waals surface area contributed by atoms with Gasteiger partial charge in [0.1, 0.15) is 5.75 Å². The van der Waals surface area contributed by atoms with Crippen molar-refractivity contribution in [1.29, 1.82) is 0 Å². The molecule has 1 aromatic carbocycles. The second kappa shape index (κ2) is 15.8. The minimum atomic E-state index is 0.259. The first-order chi connectivity index (χ1) is 15.2. The zero-order valence-electron chi connectivity index (χ0n) is 20.2. The Balaban J connectivity index is 1.69. The van der Waals surface area contributed by atoms with Crippen LogP contribution in [0.2, 0.25) is 0 Å². The Hall–Kier alpha value is -1.90. The average molecular weight is 425 g/mol. The summed E-state index contributed by atoms with van der Waals surface area (Å²) in [5, 5.41) is 0. The van der Waals surface area contributed by atoms with Gasteiger partial charge in [0.25, 0.3) is 0 Å². The molecule has 0 N–H and O–H groups in total. The van der Waals surface area contributed by atoms with Gasteiger partial charge in [-0.25, -0.2) is 9.97 Å². The van der Waals surface area contributed by atoms with E-state index in [-0.39, 0.29) is 6.10 Å². The van der Waals surface area contributed by atoms with Crippen molar-refractivity contribution < 1.29 is 4.74 Å². The molecule has 0 aliphatic heterocycles. The van der Waals surface area contributed by atoms with E-state index < -0.39 is 0 Å². The summed E-state index contributed by atoms with van der Waals surface area (Å²) in [7, 11) is 0. The first-order valence-corrected chi connectivity index (χ1v) is 12.8. The fourth-order valence-electron chi connectivity index (χ4n) is 3.93. The number of hydrogen-bond donors (Lipinski definition) is 0. The first-order valence-electron chi connectivity index (χ1n) is 12.8. The normalized spacial score (nSPS) is 12.1. The molecule has 0 fully saturated rings. The summed E-state index contributed by atoms with van der Waals surface area (Å²) in [4.78, 5) is 9.19. The Kier molecular flexibility index (Phi) is 13.0. The van der Waals surface area contributed by atoms with Crippen molar-refractivity contribution in [3.63, 3.8) is 0 Å². The third kappa shape index (κ3) is 10.8. The van der Waals surface area contributed by atoms with Crippen molar-refractivity contribution in [3.05, 3.63) is 42.2 Å². The zero-order chi connectivity index (χ0) is 22.2. The third-order valence-electron chi connectivity index (χ3n) is 5.94. The Morgan fingerprint density at radius 2 is 1.26 bits per heavy atom. The summed E-state index contributed by atoms with van der Waals surface area (Å²) in [6.07, 6.45) is 22.4. The Morgan fingerprint density at radius 1 is 0.710 bits per heavy atom. The van der Waals surface area contributed by atoms with Gasteiger partial charge in [-0.2, -0.15) is 0 Å². The van der Waals surface area contributed by atoms with Gasteiger partial charge in [-0.3, -0.25) is 0 Å². The maximum absolute atomic E-state index is 6.06. The largest absolute Gasteiger partial charge is 0.491 e. The second-order valence-electron chi connectivity index (χ2n) is 8.94. The van der Waals surface area contributed by atoms with E-state index in [0.29, 0.717) is 0 Å². The molecule has 3 nitrogen and oxygen atoms in total. The lowest BCUT2D eigenvalue weighted by molar-refractivity contribution is 0.206. The van der Waals surface area contributed by atoms with E-state index in [0.717, 1.165) is 30.0 Å². The SMILES string of the molecule is CCCCCCCCCCc1cnc(-c2ccc(O[C@@H](C)CCCCCC)cc2)nc1. The molecule has 1 heterocycles. The predicted molar refractivity (Wildman–Crippen MR) is 133 cm³/mol. The zero-order valence-corrected chi connectivity index (χ0v) is 20.2. The molecule has 3 heteroatoms. The van der Waals surface area contributed by atoms with Crippen LogP contribution in [0, 0.1) is 0 Å².